The number of likely N-dealkylation sites (tertiary alicyclic amines) is 1. The van der Waals surface area contributed by atoms with Crippen LogP contribution in [0, 0.1) is 5.92 Å². The lowest BCUT2D eigenvalue weighted by atomic mass is 10.2. The predicted octanol–water partition coefficient (Wildman–Crippen LogP) is 2.76. The summed E-state index contributed by atoms with van der Waals surface area (Å²) in [6, 6.07) is 5.78. The molecule has 1 aromatic rings. The molecule has 3 heteroatoms. The van der Waals surface area contributed by atoms with Crippen LogP contribution in [0.15, 0.2) is 18.2 Å². The van der Waals surface area contributed by atoms with Crippen LogP contribution in [0.3, 0.4) is 0 Å². The highest BCUT2D eigenvalue weighted by molar-refractivity contribution is 6.31. The second-order valence-electron chi connectivity index (χ2n) is 4.48. The number of anilines is 1. The third-order valence-corrected chi connectivity index (χ3v) is 3.33. The Hall–Kier alpha value is -0.730. The van der Waals surface area contributed by atoms with Gasteiger partial charge in [-0.05, 0) is 36.6 Å². The van der Waals surface area contributed by atoms with Crippen molar-refractivity contribution in [3.63, 3.8) is 0 Å². The summed E-state index contributed by atoms with van der Waals surface area (Å²) in [5.74, 6) is 0.817. The van der Waals surface area contributed by atoms with Crippen molar-refractivity contribution >= 4 is 17.3 Å². The zero-order valence-electron chi connectivity index (χ0n) is 9.04. The Labute approximate surface area is 96.0 Å². The first-order valence-electron chi connectivity index (χ1n) is 5.41. The molecule has 0 saturated carbocycles. The van der Waals surface area contributed by atoms with Gasteiger partial charge in [0.2, 0.25) is 0 Å². The van der Waals surface area contributed by atoms with Crippen molar-refractivity contribution in [2.24, 2.45) is 5.92 Å². The molecule has 0 radical (unpaired) electrons. The quantitative estimate of drug-likeness (QED) is 0.783. The van der Waals surface area contributed by atoms with Gasteiger partial charge in [-0.2, -0.15) is 0 Å². The van der Waals surface area contributed by atoms with Crippen LogP contribution < -0.4 is 5.73 Å². The summed E-state index contributed by atoms with van der Waals surface area (Å²) in [6.45, 7) is 5.61. The zero-order chi connectivity index (χ0) is 10.8. The maximum absolute atomic E-state index is 6.14. The SMILES string of the molecule is CC1CCN(Cc2ccc(N)cc2Cl)C1. The molecule has 0 amide bonds. The van der Waals surface area contributed by atoms with Gasteiger partial charge in [-0.15, -0.1) is 0 Å². The van der Waals surface area contributed by atoms with Crippen LogP contribution in [0.25, 0.3) is 0 Å². The molecule has 1 heterocycles. The Morgan fingerprint density at radius 1 is 1.53 bits per heavy atom. The first-order chi connectivity index (χ1) is 7.15. The number of hydrogen-bond donors (Lipinski definition) is 1. The van der Waals surface area contributed by atoms with Gasteiger partial charge in [-0.3, -0.25) is 4.90 Å². The molecular formula is C12H17ClN2. The molecule has 0 spiro atoms. The van der Waals surface area contributed by atoms with Crippen LogP contribution in [0.4, 0.5) is 5.69 Å². The summed E-state index contributed by atoms with van der Waals surface area (Å²) in [5.41, 5.74) is 7.57. The van der Waals surface area contributed by atoms with Gasteiger partial charge in [-0.25, -0.2) is 0 Å². The van der Waals surface area contributed by atoms with Gasteiger partial charge in [-0.1, -0.05) is 24.6 Å². The third kappa shape index (κ3) is 2.64. The van der Waals surface area contributed by atoms with Gasteiger partial charge in [0.05, 0.1) is 0 Å². The molecule has 1 fully saturated rings. The Balaban J connectivity index is 2.04. The molecule has 0 aliphatic carbocycles. The Morgan fingerprint density at radius 3 is 2.93 bits per heavy atom. The number of benzene rings is 1. The highest BCUT2D eigenvalue weighted by atomic mass is 35.5. The van der Waals surface area contributed by atoms with Gasteiger partial charge in [0, 0.05) is 23.8 Å². The second kappa shape index (κ2) is 4.42. The van der Waals surface area contributed by atoms with E-state index in [1.54, 1.807) is 0 Å². The van der Waals surface area contributed by atoms with Crippen LogP contribution in [0.5, 0.6) is 0 Å². The van der Waals surface area contributed by atoms with Crippen molar-refractivity contribution in [1.82, 2.24) is 4.90 Å². The van der Waals surface area contributed by atoms with Crippen LogP contribution in [-0.2, 0) is 6.54 Å². The first-order valence-corrected chi connectivity index (χ1v) is 5.79. The van der Waals surface area contributed by atoms with E-state index in [4.69, 9.17) is 17.3 Å². The van der Waals surface area contributed by atoms with E-state index in [0.717, 1.165) is 23.2 Å². The van der Waals surface area contributed by atoms with Crippen molar-refractivity contribution in [3.8, 4) is 0 Å². The standard InChI is InChI=1S/C12H17ClN2/c1-9-4-5-15(7-9)8-10-2-3-11(14)6-12(10)13/h2-3,6,9H,4-5,7-8,14H2,1H3. The largest absolute Gasteiger partial charge is 0.399 e. The summed E-state index contributed by atoms with van der Waals surface area (Å²) >= 11 is 6.14. The fourth-order valence-corrected chi connectivity index (χ4v) is 2.35. The highest BCUT2D eigenvalue weighted by Crippen LogP contribution is 2.23. The molecule has 2 nitrogen and oxygen atoms in total. The summed E-state index contributed by atoms with van der Waals surface area (Å²) in [5, 5.41) is 0.787. The monoisotopic (exact) mass is 224 g/mol. The number of nitrogens with zero attached hydrogens (tertiary/aromatic N) is 1. The molecule has 2 rings (SSSR count). The van der Waals surface area contributed by atoms with Gasteiger partial charge < -0.3 is 5.73 Å². The first kappa shape index (κ1) is 10.8. The second-order valence-corrected chi connectivity index (χ2v) is 4.89. The van der Waals surface area contributed by atoms with Crippen molar-refractivity contribution in [1.29, 1.82) is 0 Å². The average molecular weight is 225 g/mol. The van der Waals surface area contributed by atoms with E-state index in [-0.39, 0.29) is 0 Å². The molecule has 82 valence electrons. The molecule has 0 bridgehead atoms. The fraction of sp³-hybridized carbons (Fsp3) is 0.500. The minimum absolute atomic E-state index is 0.735. The van der Waals surface area contributed by atoms with Gasteiger partial charge in [0.25, 0.3) is 0 Å². The van der Waals surface area contributed by atoms with Crippen LogP contribution in [0.2, 0.25) is 5.02 Å². The Bertz CT molecular complexity index is 351. The number of nitrogen functional groups attached to an aromatic ring is 1. The molecule has 15 heavy (non-hydrogen) atoms. The van der Waals surface area contributed by atoms with Crippen molar-refractivity contribution in [2.75, 3.05) is 18.8 Å². The topological polar surface area (TPSA) is 29.3 Å². The van der Waals surface area contributed by atoms with Crippen LogP contribution >= 0.6 is 11.6 Å². The van der Waals surface area contributed by atoms with Gasteiger partial charge in [0.1, 0.15) is 0 Å². The van der Waals surface area contributed by atoms with E-state index in [1.165, 1.54) is 25.1 Å². The fourth-order valence-electron chi connectivity index (χ4n) is 2.10. The lowest BCUT2D eigenvalue weighted by Gasteiger charge is -2.16. The molecule has 0 aromatic heterocycles. The van der Waals surface area contributed by atoms with E-state index >= 15 is 0 Å². The van der Waals surface area contributed by atoms with Crippen LogP contribution in [-0.4, -0.2) is 18.0 Å². The number of nitrogens with two attached hydrogens (primary N) is 1. The Morgan fingerprint density at radius 2 is 2.33 bits per heavy atom. The molecule has 2 N–H and O–H groups in total. The van der Waals surface area contributed by atoms with Crippen LogP contribution in [0.1, 0.15) is 18.9 Å². The summed E-state index contributed by atoms with van der Waals surface area (Å²) in [7, 11) is 0. The Kier molecular flexibility index (Phi) is 3.17. The maximum atomic E-state index is 6.14. The lowest BCUT2D eigenvalue weighted by molar-refractivity contribution is 0.320. The molecule has 1 saturated heterocycles. The highest BCUT2D eigenvalue weighted by Gasteiger charge is 2.19. The van der Waals surface area contributed by atoms with Gasteiger partial charge >= 0.3 is 0 Å². The van der Waals surface area contributed by atoms with Crippen molar-refractivity contribution < 1.29 is 0 Å². The summed E-state index contributed by atoms with van der Waals surface area (Å²) < 4.78 is 0. The molecule has 1 atom stereocenters. The number of rotatable bonds is 2. The summed E-state index contributed by atoms with van der Waals surface area (Å²) in [6.07, 6.45) is 1.30. The van der Waals surface area contributed by atoms with E-state index in [1.807, 2.05) is 18.2 Å². The van der Waals surface area contributed by atoms with E-state index in [9.17, 15) is 0 Å². The summed E-state index contributed by atoms with van der Waals surface area (Å²) in [4.78, 5) is 2.45. The minimum atomic E-state index is 0.735. The van der Waals surface area contributed by atoms with Crippen molar-refractivity contribution in [2.45, 2.75) is 19.9 Å². The number of halogens is 1. The lowest BCUT2D eigenvalue weighted by Crippen LogP contribution is -2.19. The zero-order valence-corrected chi connectivity index (χ0v) is 9.80. The van der Waals surface area contributed by atoms with E-state index in [2.05, 4.69) is 11.8 Å². The average Bonchev–Trinajstić information content (AvgIpc) is 2.56. The maximum Gasteiger partial charge on any atom is 0.0471 e. The molecule has 1 aromatic carbocycles. The van der Waals surface area contributed by atoms with E-state index in [0.29, 0.717) is 0 Å². The molecular weight excluding hydrogens is 208 g/mol. The van der Waals surface area contributed by atoms with E-state index < -0.39 is 0 Å². The smallest absolute Gasteiger partial charge is 0.0471 e. The predicted molar refractivity (Wildman–Crippen MR) is 64.9 cm³/mol. The normalized spacial score (nSPS) is 22.1. The van der Waals surface area contributed by atoms with Crippen molar-refractivity contribution in [3.05, 3.63) is 28.8 Å². The third-order valence-electron chi connectivity index (χ3n) is 2.98. The molecule has 1 aliphatic heterocycles. The van der Waals surface area contributed by atoms with Gasteiger partial charge in [0.15, 0.2) is 0 Å². The molecule has 1 aliphatic rings. The minimum Gasteiger partial charge on any atom is -0.399 e. The number of hydrogen-bond acceptors (Lipinski definition) is 2. The molecule has 1 unspecified atom stereocenters.